The van der Waals surface area contributed by atoms with Gasteiger partial charge in [-0.2, -0.15) is 31.6 Å². The van der Waals surface area contributed by atoms with Gasteiger partial charge in [0.15, 0.2) is 0 Å². The second kappa shape index (κ2) is 5.70. The van der Waals surface area contributed by atoms with Crippen LogP contribution in [-0.4, -0.2) is 4.98 Å². The van der Waals surface area contributed by atoms with Gasteiger partial charge in [0.1, 0.15) is 11.6 Å². The van der Waals surface area contributed by atoms with E-state index in [-0.39, 0.29) is 17.3 Å². The zero-order chi connectivity index (χ0) is 18.3. The molecule has 1 N–H and O–H groups in total. The van der Waals surface area contributed by atoms with E-state index in [1.807, 2.05) is 0 Å². The Morgan fingerprint density at radius 2 is 1.46 bits per heavy atom. The smallest absolute Gasteiger partial charge is 0.325 e. The second-order valence-corrected chi connectivity index (χ2v) is 4.96. The van der Waals surface area contributed by atoms with Crippen LogP contribution in [0.5, 0.6) is 0 Å². The fourth-order valence-corrected chi connectivity index (χ4v) is 2.12. The van der Waals surface area contributed by atoms with Crippen LogP contribution in [0.25, 0.3) is 11.1 Å². The second-order valence-electron chi connectivity index (χ2n) is 4.96. The quantitative estimate of drug-likeness (QED) is 0.785. The Kier molecular flexibility index (Phi) is 4.18. The molecule has 2 aromatic rings. The van der Waals surface area contributed by atoms with Crippen molar-refractivity contribution in [3.05, 3.63) is 57.0 Å². The van der Waals surface area contributed by atoms with Gasteiger partial charge >= 0.3 is 12.4 Å². The van der Waals surface area contributed by atoms with E-state index in [9.17, 15) is 31.1 Å². The van der Waals surface area contributed by atoms with Gasteiger partial charge in [-0.1, -0.05) is 0 Å². The zero-order valence-corrected chi connectivity index (χ0v) is 11.9. The van der Waals surface area contributed by atoms with Crippen LogP contribution in [0, 0.1) is 18.3 Å². The lowest BCUT2D eigenvalue weighted by atomic mass is 9.97. The number of H-pyrrole nitrogens is 1. The van der Waals surface area contributed by atoms with E-state index in [1.54, 1.807) is 0 Å². The predicted octanol–water partition coefficient (Wildman–Crippen LogP) is 4.26. The highest BCUT2D eigenvalue weighted by Crippen LogP contribution is 2.38. The molecule has 0 spiro atoms. The summed E-state index contributed by atoms with van der Waals surface area (Å²) in [6.45, 7) is 1.31. The van der Waals surface area contributed by atoms with Gasteiger partial charge in [0.05, 0.1) is 11.1 Å². The molecular weight excluding hydrogens is 338 g/mol. The lowest BCUT2D eigenvalue weighted by Crippen LogP contribution is -2.13. The van der Waals surface area contributed by atoms with Gasteiger partial charge < -0.3 is 4.98 Å². The molecular formula is C15H8F6N2O. The Labute approximate surface area is 131 Å². The molecule has 24 heavy (non-hydrogen) atoms. The molecule has 0 fully saturated rings. The largest absolute Gasteiger partial charge is 0.416 e. The standard InChI is InChI=1S/C15H8F6N2O/c1-7-12(4-9(6-22)13(24)23-7)8-2-10(14(16,17)18)5-11(3-8)15(19,20)21/h2-5H,1H3,(H,23,24). The molecule has 126 valence electrons. The van der Waals surface area contributed by atoms with Crippen LogP contribution >= 0.6 is 0 Å². The first-order valence-corrected chi connectivity index (χ1v) is 6.37. The molecule has 1 heterocycles. The van der Waals surface area contributed by atoms with Crippen LogP contribution in [0.15, 0.2) is 29.1 Å². The number of hydrogen-bond donors (Lipinski definition) is 1. The van der Waals surface area contributed by atoms with Crippen LogP contribution in [0.2, 0.25) is 0 Å². The van der Waals surface area contributed by atoms with E-state index < -0.39 is 40.2 Å². The zero-order valence-electron chi connectivity index (χ0n) is 11.9. The molecule has 1 aromatic carbocycles. The summed E-state index contributed by atoms with van der Waals surface area (Å²) in [5, 5.41) is 8.82. The molecule has 0 unspecified atom stereocenters. The summed E-state index contributed by atoms with van der Waals surface area (Å²) in [6, 6.07) is 3.58. The monoisotopic (exact) mass is 346 g/mol. The van der Waals surface area contributed by atoms with E-state index in [0.717, 1.165) is 6.07 Å². The van der Waals surface area contributed by atoms with Crippen molar-refractivity contribution in [2.45, 2.75) is 19.3 Å². The van der Waals surface area contributed by atoms with Gasteiger partial charge in [0, 0.05) is 11.3 Å². The Bertz CT molecular complexity index is 855. The first-order valence-electron chi connectivity index (χ1n) is 6.37. The molecule has 0 amide bonds. The maximum Gasteiger partial charge on any atom is 0.416 e. The molecule has 0 aliphatic heterocycles. The van der Waals surface area contributed by atoms with Crippen LogP contribution in [0.3, 0.4) is 0 Å². The summed E-state index contributed by atoms with van der Waals surface area (Å²) >= 11 is 0. The third-order valence-electron chi connectivity index (χ3n) is 3.26. The molecule has 2 rings (SSSR count). The first-order chi connectivity index (χ1) is 10.9. The number of nitrogens with zero attached hydrogens (tertiary/aromatic N) is 1. The highest BCUT2D eigenvalue weighted by atomic mass is 19.4. The maximum atomic E-state index is 12.9. The van der Waals surface area contributed by atoms with Gasteiger partial charge in [-0.05, 0) is 36.8 Å². The normalized spacial score (nSPS) is 12.1. The predicted molar refractivity (Wildman–Crippen MR) is 72.0 cm³/mol. The average Bonchev–Trinajstić information content (AvgIpc) is 2.45. The number of aryl methyl sites for hydroxylation is 1. The molecule has 0 saturated carbocycles. The fraction of sp³-hybridized carbons (Fsp3) is 0.200. The van der Waals surface area contributed by atoms with Crippen molar-refractivity contribution in [3.63, 3.8) is 0 Å². The minimum absolute atomic E-state index is 0.00964. The van der Waals surface area contributed by atoms with E-state index >= 15 is 0 Å². The molecule has 0 radical (unpaired) electrons. The number of aromatic nitrogens is 1. The number of rotatable bonds is 1. The van der Waals surface area contributed by atoms with Crippen molar-refractivity contribution < 1.29 is 26.3 Å². The number of alkyl halides is 6. The topological polar surface area (TPSA) is 56.6 Å². The number of halogens is 6. The van der Waals surface area contributed by atoms with Crippen molar-refractivity contribution in [2.24, 2.45) is 0 Å². The Hall–Kier alpha value is -2.76. The highest BCUT2D eigenvalue weighted by Gasteiger charge is 2.37. The molecule has 0 aliphatic carbocycles. The molecule has 0 aliphatic rings. The van der Waals surface area contributed by atoms with Gasteiger partial charge in [-0.25, -0.2) is 0 Å². The van der Waals surface area contributed by atoms with Gasteiger partial charge in [0.25, 0.3) is 5.56 Å². The van der Waals surface area contributed by atoms with Crippen molar-refractivity contribution in [3.8, 4) is 17.2 Å². The van der Waals surface area contributed by atoms with Crippen LogP contribution in [0.4, 0.5) is 26.3 Å². The number of hydrogen-bond acceptors (Lipinski definition) is 2. The Morgan fingerprint density at radius 1 is 0.958 bits per heavy atom. The number of aromatic amines is 1. The number of nitriles is 1. The third kappa shape index (κ3) is 3.42. The number of nitrogens with one attached hydrogen (secondary N) is 1. The van der Waals surface area contributed by atoms with Gasteiger partial charge in [-0.3, -0.25) is 4.79 Å². The number of benzene rings is 1. The summed E-state index contributed by atoms with van der Waals surface area (Å²) in [4.78, 5) is 13.7. The van der Waals surface area contributed by atoms with E-state index in [1.165, 1.54) is 13.0 Å². The molecule has 0 saturated heterocycles. The van der Waals surface area contributed by atoms with E-state index in [0.29, 0.717) is 12.1 Å². The van der Waals surface area contributed by atoms with E-state index in [2.05, 4.69) is 4.98 Å². The van der Waals surface area contributed by atoms with Crippen LogP contribution in [0.1, 0.15) is 22.4 Å². The minimum Gasteiger partial charge on any atom is -0.325 e. The number of pyridine rings is 1. The molecule has 3 nitrogen and oxygen atoms in total. The third-order valence-corrected chi connectivity index (χ3v) is 3.26. The Morgan fingerprint density at radius 3 is 1.88 bits per heavy atom. The minimum atomic E-state index is -4.98. The maximum absolute atomic E-state index is 12.9. The molecule has 0 bridgehead atoms. The summed E-state index contributed by atoms with van der Waals surface area (Å²) in [7, 11) is 0. The van der Waals surface area contributed by atoms with Crippen molar-refractivity contribution >= 4 is 0 Å². The lowest BCUT2D eigenvalue weighted by Gasteiger charge is -2.15. The van der Waals surface area contributed by atoms with Crippen LogP contribution in [-0.2, 0) is 12.4 Å². The van der Waals surface area contributed by atoms with Crippen molar-refractivity contribution in [1.82, 2.24) is 4.98 Å². The first kappa shape index (κ1) is 17.6. The highest BCUT2D eigenvalue weighted by molar-refractivity contribution is 5.69. The van der Waals surface area contributed by atoms with E-state index in [4.69, 9.17) is 5.26 Å². The summed E-state index contributed by atoms with van der Waals surface area (Å²) < 4.78 is 77.3. The average molecular weight is 346 g/mol. The Balaban J connectivity index is 2.80. The lowest BCUT2D eigenvalue weighted by molar-refractivity contribution is -0.143. The SMILES string of the molecule is Cc1[nH]c(=O)c(C#N)cc1-c1cc(C(F)(F)F)cc(C(F)(F)F)c1. The van der Waals surface area contributed by atoms with Gasteiger partial charge in [0.2, 0.25) is 0 Å². The fourth-order valence-electron chi connectivity index (χ4n) is 2.12. The molecule has 9 heteroatoms. The summed E-state index contributed by atoms with van der Waals surface area (Å²) in [5.41, 5.74) is -4.59. The van der Waals surface area contributed by atoms with Crippen molar-refractivity contribution in [2.75, 3.05) is 0 Å². The van der Waals surface area contributed by atoms with Gasteiger partial charge in [-0.15, -0.1) is 0 Å². The molecule has 0 atom stereocenters. The van der Waals surface area contributed by atoms with Crippen LogP contribution < -0.4 is 5.56 Å². The van der Waals surface area contributed by atoms with Crippen molar-refractivity contribution in [1.29, 1.82) is 5.26 Å². The molecule has 1 aromatic heterocycles. The summed E-state index contributed by atoms with van der Waals surface area (Å²) in [6.07, 6.45) is -9.96. The summed E-state index contributed by atoms with van der Waals surface area (Å²) in [5.74, 6) is 0.